The topological polar surface area (TPSA) is 42.7 Å². The van der Waals surface area contributed by atoms with Crippen LogP contribution in [0.3, 0.4) is 0 Å². The minimum absolute atomic E-state index is 0.497. The molecular formula is C14H26N4. The van der Waals surface area contributed by atoms with E-state index < -0.39 is 0 Å². The fourth-order valence-corrected chi connectivity index (χ4v) is 2.78. The van der Waals surface area contributed by atoms with E-state index in [1.807, 2.05) is 0 Å². The van der Waals surface area contributed by atoms with Gasteiger partial charge in [-0.15, -0.1) is 0 Å². The average Bonchev–Trinajstić information content (AvgIpc) is 2.70. The van der Waals surface area contributed by atoms with Crippen LogP contribution in [0.2, 0.25) is 0 Å². The van der Waals surface area contributed by atoms with Gasteiger partial charge in [-0.1, -0.05) is 27.7 Å². The number of rotatable bonds is 6. The maximum atomic E-state index is 4.43. The molecule has 1 aliphatic rings. The SMILES string of the molecule is CNC(Cc1ncnn1CC(C)C)C1CC1(C)C. The van der Waals surface area contributed by atoms with E-state index in [2.05, 4.69) is 54.8 Å². The van der Waals surface area contributed by atoms with Crippen LogP contribution in [0.4, 0.5) is 0 Å². The van der Waals surface area contributed by atoms with Crippen LogP contribution in [0, 0.1) is 17.3 Å². The molecule has 1 fully saturated rings. The third-order valence-corrected chi connectivity index (χ3v) is 4.08. The molecule has 0 radical (unpaired) electrons. The molecule has 0 spiro atoms. The average molecular weight is 250 g/mol. The van der Waals surface area contributed by atoms with Gasteiger partial charge in [0.1, 0.15) is 12.2 Å². The fraction of sp³-hybridized carbons (Fsp3) is 0.857. The summed E-state index contributed by atoms with van der Waals surface area (Å²) >= 11 is 0. The molecule has 102 valence electrons. The van der Waals surface area contributed by atoms with E-state index in [1.54, 1.807) is 6.33 Å². The second kappa shape index (κ2) is 5.00. The minimum Gasteiger partial charge on any atom is -0.316 e. The van der Waals surface area contributed by atoms with Crippen LogP contribution in [0.25, 0.3) is 0 Å². The first kappa shape index (κ1) is 13.5. The van der Waals surface area contributed by atoms with E-state index in [0.29, 0.717) is 17.4 Å². The third kappa shape index (κ3) is 2.91. The summed E-state index contributed by atoms with van der Waals surface area (Å²) in [4.78, 5) is 4.43. The zero-order valence-electron chi connectivity index (χ0n) is 12.3. The summed E-state index contributed by atoms with van der Waals surface area (Å²) in [6.45, 7) is 10.1. The Bertz CT molecular complexity index is 394. The maximum Gasteiger partial charge on any atom is 0.138 e. The highest BCUT2D eigenvalue weighted by molar-refractivity contribution is 5.04. The molecule has 2 unspecified atom stereocenters. The predicted molar refractivity (Wildman–Crippen MR) is 73.3 cm³/mol. The van der Waals surface area contributed by atoms with Crippen molar-refractivity contribution in [2.24, 2.45) is 17.3 Å². The molecule has 2 atom stereocenters. The molecule has 0 aromatic carbocycles. The molecule has 4 heteroatoms. The van der Waals surface area contributed by atoms with E-state index in [1.165, 1.54) is 6.42 Å². The molecule has 4 nitrogen and oxygen atoms in total. The van der Waals surface area contributed by atoms with Gasteiger partial charge in [-0.05, 0) is 30.7 Å². The highest BCUT2D eigenvalue weighted by Crippen LogP contribution is 2.53. The highest BCUT2D eigenvalue weighted by atomic mass is 15.3. The van der Waals surface area contributed by atoms with Crippen LogP contribution in [0.5, 0.6) is 0 Å². The Kier molecular flexibility index (Phi) is 3.76. The van der Waals surface area contributed by atoms with Gasteiger partial charge in [-0.2, -0.15) is 5.10 Å². The summed E-state index contributed by atoms with van der Waals surface area (Å²) in [7, 11) is 2.06. The van der Waals surface area contributed by atoms with E-state index in [4.69, 9.17) is 0 Å². The van der Waals surface area contributed by atoms with Gasteiger partial charge < -0.3 is 5.32 Å². The molecule has 0 bridgehead atoms. The number of likely N-dealkylation sites (N-methyl/N-ethyl adjacent to an activating group) is 1. The van der Waals surface area contributed by atoms with Crippen molar-refractivity contribution in [1.29, 1.82) is 0 Å². The second-order valence-electron chi connectivity index (χ2n) is 6.65. The quantitative estimate of drug-likeness (QED) is 0.841. The van der Waals surface area contributed by atoms with Crippen molar-refractivity contribution in [2.75, 3.05) is 7.05 Å². The van der Waals surface area contributed by atoms with Crippen molar-refractivity contribution in [1.82, 2.24) is 20.1 Å². The molecular weight excluding hydrogens is 224 g/mol. The third-order valence-electron chi connectivity index (χ3n) is 4.08. The van der Waals surface area contributed by atoms with Gasteiger partial charge in [0.05, 0.1) is 0 Å². The Labute approximate surface area is 110 Å². The number of hydrogen-bond acceptors (Lipinski definition) is 3. The lowest BCUT2D eigenvalue weighted by Crippen LogP contribution is -2.32. The lowest BCUT2D eigenvalue weighted by Gasteiger charge is -2.18. The molecule has 1 N–H and O–H groups in total. The first-order valence-electron chi connectivity index (χ1n) is 6.98. The van der Waals surface area contributed by atoms with Crippen LogP contribution < -0.4 is 5.32 Å². The van der Waals surface area contributed by atoms with Crippen molar-refractivity contribution >= 4 is 0 Å². The van der Waals surface area contributed by atoms with Crippen molar-refractivity contribution in [3.8, 4) is 0 Å². The van der Waals surface area contributed by atoms with Crippen molar-refractivity contribution in [3.05, 3.63) is 12.2 Å². The Hall–Kier alpha value is -0.900. The summed E-state index contributed by atoms with van der Waals surface area (Å²) in [5.74, 6) is 2.49. The lowest BCUT2D eigenvalue weighted by molar-refractivity contribution is 0.400. The first-order chi connectivity index (χ1) is 8.44. The van der Waals surface area contributed by atoms with E-state index in [0.717, 1.165) is 24.7 Å². The molecule has 1 saturated carbocycles. The fourth-order valence-electron chi connectivity index (χ4n) is 2.78. The number of aromatic nitrogens is 3. The molecule has 1 aliphatic carbocycles. The monoisotopic (exact) mass is 250 g/mol. The Morgan fingerprint density at radius 3 is 2.67 bits per heavy atom. The van der Waals surface area contributed by atoms with E-state index in [-0.39, 0.29) is 0 Å². The van der Waals surface area contributed by atoms with Crippen LogP contribution in [0.15, 0.2) is 6.33 Å². The molecule has 0 amide bonds. The molecule has 1 aromatic heterocycles. The molecule has 18 heavy (non-hydrogen) atoms. The maximum absolute atomic E-state index is 4.43. The van der Waals surface area contributed by atoms with Gasteiger partial charge >= 0.3 is 0 Å². The molecule has 0 aliphatic heterocycles. The normalized spacial score (nSPS) is 23.3. The zero-order chi connectivity index (χ0) is 13.3. The molecule has 2 rings (SSSR count). The summed E-state index contributed by atoms with van der Waals surface area (Å²) in [5.41, 5.74) is 0.497. The second-order valence-corrected chi connectivity index (χ2v) is 6.65. The van der Waals surface area contributed by atoms with Gasteiger partial charge in [0.2, 0.25) is 0 Å². The summed E-state index contributed by atoms with van der Waals surface area (Å²) < 4.78 is 2.06. The van der Waals surface area contributed by atoms with Gasteiger partial charge in [0.15, 0.2) is 0 Å². The van der Waals surface area contributed by atoms with Crippen LogP contribution in [-0.4, -0.2) is 27.9 Å². The van der Waals surface area contributed by atoms with Gasteiger partial charge in [-0.25, -0.2) is 9.67 Å². The minimum atomic E-state index is 0.497. The van der Waals surface area contributed by atoms with E-state index >= 15 is 0 Å². The Morgan fingerprint density at radius 2 is 2.17 bits per heavy atom. The standard InChI is InChI=1S/C14H26N4/c1-10(2)8-18-13(16-9-17-18)6-12(15-5)11-7-14(11,3)4/h9-12,15H,6-8H2,1-5H3. The number of nitrogens with zero attached hydrogens (tertiary/aromatic N) is 3. The highest BCUT2D eigenvalue weighted by Gasteiger charge is 2.49. The smallest absolute Gasteiger partial charge is 0.138 e. The molecule has 1 heterocycles. The Balaban J connectivity index is 2.02. The van der Waals surface area contributed by atoms with Crippen LogP contribution in [-0.2, 0) is 13.0 Å². The number of hydrogen-bond donors (Lipinski definition) is 1. The van der Waals surface area contributed by atoms with Crippen molar-refractivity contribution < 1.29 is 0 Å². The van der Waals surface area contributed by atoms with Crippen molar-refractivity contribution in [3.63, 3.8) is 0 Å². The first-order valence-corrected chi connectivity index (χ1v) is 6.98. The largest absolute Gasteiger partial charge is 0.316 e. The van der Waals surface area contributed by atoms with Gasteiger partial charge in [0, 0.05) is 19.0 Å². The number of nitrogens with one attached hydrogen (secondary N) is 1. The van der Waals surface area contributed by atoms with Crippen molar-refractivity contribution in [2.45, 2.75) is 53.1 Å². The van der Waals surface area contributed by atoms with Gasteiger partial charge in [0.25, 0.3) is 0 Å². The molecule has 0 saturated heterocycles. The summed E-state index contributed by atoms with van der Waals surface area (Å²) in [6, 6.07) is 0.523. The molecule has 1 aromatic rings. The zero-order valence-corrected chi connectivity index (χ0v) is 12.3. The van der Waals surface area contributed by atoms with E-state index in [9.17, 15) is 0 Å². The Morgan fingerprint density at radius 1 is 1.50 bits per heavy atom. The predicted octanol–water partition coefficient (Wildman–Crippen LogP) is 2.11. The van der Waals surface area contributed by atoms with Crippen LogP contribution >= 0.6 is 0 Å². The van der Waals surface area contributed by atoms with Gasteiger partial charge in [-0.3, -0.25) is 0 Å². The summed E-state index contributed by atoms with van der Waals surface area (Å²) in [6.07, 6.45) is 3.98. The van der Waals surface area contributed by atoms with Crippen LogP contribution in [0.1, 0.15) is 39.9 Å². The lowest BCUT2D eigenvalue weighted by atomic mass is 10.0. The summed E-state index contributed by atoms with van der Waals surface area (Å²) in [5, 5.41) is 7.79.